The summed E-state index contributed by atoms with van der Waals surface area (Å²) in [5.74, 6) is -0.436. The van der Waals surface area contributed by atoms with E-state index < -0.39 is 5.82 Å². The second-order valence-corrected chi connectivity index (χ2v) is 8.58. The molecule has 4 heterocycles. The number of nitrogens with zero attached hydrogens (tertiary/aromatic N) is 2. The van der Waals surface area contributed by atoms with Gasteiger partial charge < -0.3 is 19.6 Å². The van der Waals surface area contributed by atoms with Gasteiger partial charge in [0, 0.05) is 42.4 Å². The Bertz CT molecular complexity index is 1470. The Morgan fingerprint density at radius 1 is 1.30 bits per heavy atom. The predicted molar refractivity (Wildman–Crippen MR) is 124 cm³/mol. The summed E-state index contributed by atoms with van der Waals surface area (Å²) in [5, 5.41) is 3.22. The van der Waals surface area contributed by atoms with Crippen LogP contribution >= 0.6 is 11.3 Å². The minimum Gasteiger partial charge on any atom is -0.437 e. The zero-order chi connectivity index (χ0) is 23.9. The third-order valence-corrected chi connectivity index (χ3v) is 6.29. The summed E-state index contributed by atoms with van der Waals surface area (Å²) >= 11 is 1.20. The van der Waals surface area contributed by atoms with Crippen molar-refractivity contribution >= 4 is 33.9 Å². The molecule has 0 fully saturated rings. The van der Waals surface area contributed by atoms with Gasteiger partial charge in [0.05, 0.1) is 16.0 Å². The molecule has 0 bridgehead atoms. The third kappa shape index (κ3) is 4.17. The lowest BCUT2D eigenvalue weighted by Crippen LogP contribution is -2.23. The van der Waals surface area contributed by atoms with Crippen molar-refractivity contribution in [2.75, 3.05) is 6.54 Å². The van der Waals surface area contributed by atoms with E-state index >= 15 is 0 Å². The highest BCUT2D eigenvalue weighted by atomic mass is 32.1. The number of pyridine rings is 2. The number of ether oxygens (including phenoxy) is 1. The summed E-state index contributed by atoms with van der Waals surface area (Å²) in [7, 11) is 1.60. The number of aromatic nitrogens is 3. The molecule has 0 aliphatic heterocycles. The SMILES string of the molecule is CCNC(=O)c1cc2c(-c3sc(C(C)=O)cc3Oc3ncc(F)cc3C)cn(C)c(=O)c2[nH]1. The first-order chi connectivity index (χ1) is 15.7. The fourth-order valence-corrected chi connectivity index (χ4v) is 4.45. The van der Waals surface area contributed by atoms with Gasteiger partial charge in [0.15, 0.2) is 5.78 Å². The number of Topliss-reactive ketones (excluding diaryl/α,β-unsaturated/α-hetero) is 1. The van der Waals surface area contributed by atoms with E-state index in [1.54, 1.807) is 39.2 Å². The van der Waals surface area contributed by atoms with E-state index in [4.69, 9.17) is 4.74 Å². The minimum absolute atomic E-state index is 0.155. The average Bonchev–Trinajstić information content (AvgIpc) is 3.38. The Labute approximate surface area is 192 Å². The molecule has 10 heteroatoms. The second kappa shape index (κ2) is 8.62. The molecular formula is C23H21FN4O4S. The molecule has 170 valence electrons. The van der Waals surface area contributed by atoms with Crippen molar-refractivity contribution in [2.24, 2.45) is 7.05 Å². The number of carbonyl (C=O) groups is 2. The monoisotopic (exact) mass is 468 g/mol. The van der Waals surface area contributed by atoms with Crippen molar-refractivity contribution in [2.45, 2.75) is 20.8 Å². The van der Waals surface area contributed by atoms with Gasteiger partial charge in [-0.3, -0.25) is 14.4 Å². The number of fused-ring (bicyclic) bond motifs is 1. The van der Waals surface area contributed by atoms with E-state index in [1.165, 1.54) is 28.9 Å². The molecule has 0 radical (unpaired) electrons. The zero-order valence-corrected chi connectivity index (χ0v) is 19.2. The van der Waals surface area contributed by atoms with Crippen molar-refractivity contribution in [1.29, 1.82) is 0 Å². The molecule has 0 aromatic carbocycles. The number of H-pyrrole nitrogens is 1. The van der Waals surface area contributed by atoms with Crippen LogP contribution in [0.4, 0.5) is 4.39 Å². The molecule has 0 saturated carbocycles. The first-order valence-electron chi connectivity index (χ1n) is 10.1. The Balaban J connectivity index is 1.93. The quantitative estimate of drug-likeness (QED) is 0.413. The van der Waals surface area contributed by atoms with Crippen molar-refractivity contribution < 1.29 is 18.7 Å². The summed E-state index contributed by atoms with van der Waals surface area (Å²) in [4.78, 5) is 45.2. The normalized spacial score (nSPS) is 11.1. The van der Waals surface area contributed by atoms with Crippen molar-refractivity contribution in [3.8, 4) is 22.1 Å². The van der Waals surface area contributed by atoms with Crippen LogP contribution in [0.15, 0.2) is 35.4 Å². The summed E-state index contributed by atoms with van der Waals surface area (Å²) < 4.78 is 20.9. The molecule has 0 unspecified atom stereocenters. The van der Waals surface area contributed by atoms with E-state index in [9.17, 15) is 18.8 Å². The highest BCUT2D eigenvalue weighted by molar-refractivity contribution is 7.18. The van der Waals surface area contributed by atoms with Crippen LogP contribution in [0.5, 0.6) is 11.6 Å². The number of aromatic amines is 1. The number of ketones is 1. The maximum Gasteiger partial charge on any atom is 0.274 e. The molecule has 0 aliphatic rings. The van der Waals surface area contributed by atoms with Gasteiger partial charge in [-0.1, -0.05) is 0 Å². The van der Waals surface area contributed by atoms with Gasteiger partial charge in [0.1, 0.15) is 22.8 Å². The van der Waals surface area contributed by atoms with E-state index in [1.807, 2.05) is 0 Å². The molecule has 0 spiro atoms. The zero-order valence-electron chi connectivity index (χ0n) is 18.4. The summed E-state index contributed by atoms with van der Waals surface area (Å²) in [5.41, 5.74) is 1.30. The van der Waals surface area contributed by atoms with Crippen molar-refractivity contribution in [3.63, 3.8) is 0 Å². The lowest BCUT2D eigenvalue weighted by atomic mass is 10.1. The lowest BCUT2D eigenvalue weighted by Gasteiger charge is -2.10. The van der Waals surface area contributed by atoms with Gasteiger partial charge in [-0.15, -0.1) is 11.3 Å². The number of halogens is 1. The van der Waals surface area contributed by atoms with Gasteiger partial charge in [-0.05, 0) is 32.9 Å². The smallest absolute Gasteiger partial charge is 0.274 e. The van der Waals surface area contributed by atoms with Crippen molar-refractivity contribution in [3.05, 3.63) is 62.9 Å². The van der Waals surface area contributed by atoms with Crippen LogP contribution in [0.2, 0.25) is 0 Å². The molecule has 0 atom stereocenters. The van der Waals surface area contributed by atoms with Crippen LogP contribution in [0, 0.1) is 12.7 Å². The highest BCUT2D eigenvalue weighted by Gasteiger charge is 2.22. The average molecular weight is 469 g/mol. The fraction of sp³-hybridized carbons (Fsp3) is 0.217. The van der Waals surface area contributed by atoms with Crippen LogP contribution in [-0.2, 0) is 7.05 Å². The standard InChI is InChI=1S/C23H21FN4O4S/c1-5-25-21(30)16-7-14-15(10-28(4)23(31)19(14)27-16)20-17(8-18(33-20)12(3)29)32-22-11(2)6-13(24)9-26-22/h6-10,27H,5H2,1-4H3,(H,25,30). The topological polar surface area (TPSA) is 106 Å². The molecule has 0 saturated heterocycles. The van der Waals surface area contributed by atoms with Gasteiger partial charge in [-0.2, -0.15) is 0 Å². The first-order valence-corrected chi connectivity index (χ1v) is 11.0. The summed E-state index contributed by atoms with van der Waals surface area (Å²) in [6.07, 6.45) is 2.68. The first kappa shape index (κ1) is 22.4. The largest absolute Gasteiger partial charge is 0.437 e. The molecule has 1 amide bonds. The predicted octanol–water partition coefficient (Wildman–Crippen LogP) is 4.18. The van der Waals surface area contributed by atoms with E-state index in [0.717, 1.165) is 6.20 Å². The van der Waals surface area contributed by atoms with Gasteiger partial charge in [0.25, 0.3) is 11.5 Å². The van der Waals surface area contributed by atoms with E-state index in [0.29, 0.717) is 38.6 Å². The Hall–Kier alpha value is -3.79. The van der Waals surface area contributed by atoms with Crippen LogP contribution in [0.25, 0.3) is 21.3 Å². The fourth-order valence-electron chi connectivity index (χ4n) is 3.44. The molecule has 4 aromatic rings. The highest BCUT2D eigenvalue weighted by Crippen LogP contribution is 2.43. The van der Waals surface area contributed by atoms with Gasteiger partial charge in [-0.25, -0.2) is 9.37 Å². The Morgan fingerprint density at radius 2 is 2.06 bits per heavy atom. The summed E-state index contributed by atoms with van der Waals surface area (Å²) in [6.45, 7) is 5.35. The van der Waals surface area contributed by atoms with Crippen molar-refractivity contribution in [1.82, 2.24) is 19.9 Å². The molecule has 33 heavy (non-hydrogen) atoms. The number of hydrogen-bond acceptors (Lipinski definition) is 6. The lowest BCUT2D eigenvalue weighted by molar-refractivity contribution is 0.0950. The number of hydrogen-bond donors (Lipinski definition) is 2. The van der Waals surface area contributed by atoms with E-state index in [2.05, 4.69) is 15.3 Å². The molecule has 2 N–H and O–H groups in total. The van der Waals surface area contributed by atoms with Crippen LogP contribution in [-0.4, -0.2) is 32.8 Å². The number of amides is 1. The molecule has 8 nitrogen and oxygen atoms in total. The van der Waals surface area contributed by atoms with Crippen LogP contribution < -0.4 is 15.6 Å². The maximum absolute atomic E-state index is 13.5. The third-order valence-electron chi connectivity index (χ3n) is 5.04. The van der Waals surface area contributed by atoms with E-state index in [-0.39, 0.29) is 34.3 Å². The number of aryl methyl sites for hydroxylation is 2. The molecular weight excluding hydrogens is 447 g/mol. The van der Waals surface area contributed by atoms with Gasteiger partial charge >= 0.3 is 0 Å². The minimum atomic E-state index is -0.486. The second-order valence-electron chi connectivity index (χ2n) is 7.53. The number of thiophene rings is 1. The Kier molecular flexibility index (Phi) is 5.86. The van der Waals surface area contributed by atoms with Gasteiger partial charge in [0.2, 0.25) is 5.88 Å². The number of rotatable bonds is 6. The van der Waals surface area contributed by atoms with Crippen LogP contribution in [0.3, 0.4) is 0 Å². The molecule has 4 aromatic heterocycles. The number of nitrogens with one attached hydrogen (secondary N) is 2. The maximum atomic E-state index is 13.5. The number of carbonyl (C=O) groups excluding carboxylic acids is 2. The Morgan fingerprint density at radius 3 is 2.73 bits per heavy atom. The summed E-state index contributed by atoms with van der Waals surface area (Å²) in [6, 6.07) is 4.51. The van der Waals surface area contributed by atoms with Crippen LogP contribution in [0.1, 0.15) is 39.6 Å². The molecule has 4 rings (SSSR count). The molecule has 0 aliphatic carbocycles.